The van der Waals surface area contributed by atoms with E-state index in [0.717, 1.165) is 18.4 Å². The number of hydrogen-bond acceptors (Lipinski definition) is 4. The maximum absolute atomic E-state index is 12.2. The van der Waals surface area contributed by atoms with Crippen LogP contribution in [0.2, 0.25) is 5.15 Å². The van der Waals surface area contributed by atoms with Gasteiger partial charge in [-0.15, -0.1) is 0 Å². The minimum atomic E-state index is -0.200. The molecule has 152 valence electrons. The highest BCUT2D eigenvalue weighted by atomic mass is 35.5. The summed E-state index contributed by atoms with van der Waals surface area (Å²) in [6.45, 7) is 6.87. The van der Waals surface area contributed by atoms with Gasteiger partial charge in [0.1, 0.15) is 5.15 Å². The minimum Gasteiger partial charge on any atom is -0.469 e. The Morgan fingerprint density at radius 2 is 2.10 bits per heavy atom. The summed E-state index contributed by atoms with van der Waals surface area (Å²) in [4.78, 5) is 18.9. The monoisotopic (exact) mass is 410 g/mol. The zero-order valence-electron chi connectivity index (χ0n) is 17.4. The van der Waals surface area contributed by atoms with Gasteiger partial charge >= 0.3 is 5.97 Å². The Bertz CT molecular complexity index is 985. The fourth-order valence-corrected chi connectivity index (χ4v) is 5.05. The number of pyridine rings is 1. The van der Waals surface area contributed by atoms with Gasteiger partial charge < -0.3 is 4.74 Å². The summed E-state index contributed by atoms with van der Waals surface area (Å²) in [7, 11) is 1.46. The van der Waals surface area contributed by atoms with Crippen LogP contribution in [0.3, 0.4) is 0 Å². The fraction of sp³-hybridized carbons (Fsp3) is 0.417. The molecule has 0 saturated heterocycles. The Morgan fingerprint density at radius 1 is 1.34 bits per heavy atom. The van der Waals surface area contributed by atoms with Gasteiger partial charge in [0.15, 0.2) is 0 Å². The zero-order chi connectivity index (χ0) is 20.7. The van der Waals surface area contributed by atoms with Crippen molar-refractivity contribution in [2.24, 2.45) is 5.92 Å². The van der Waals surface area contributed by atoms with Crippen molar-refractivity contribution in [1.82, 2.24) is 9.88 Å². The molecule has 0 radical (unpaired) electrons. The molecule has 0 N–H and O–H groups in total. The van der Waals surface area contributed by atoms with E-state index in [1.807, 2.05) is 13.8 Å². The van der Waals surface area contributed by atoms with Crippen LogP contribution in [0, 0.1) is 12.8 Å². The van der Waals surface area contributed by atoms with E-state index >= 15 is 0 Å². The molecular weight excluding hydrogens is 384 g/mol. The molecular formula is C24H27ClN2O2. The Kier molecular flexibility index (Phi) is 5.50. The highest BCUT2D eigenvalue weighted by Crippen LogP contribution is 2.49. The van der Waals surface area contributed by atoms with Crippen molar-refractivity contribution in [3.63, 3.8) is 0 Å². The van der Waals surface area contributed by atoms with Crippen molar-refractivity contribution in [3.8, 4) is 0 Å². The van der Waals surface area contributed by atoms with Gasteiger partial charge in [0, 0.05) is 18.8 Å². The lowest BCUT2D eigenvalue weighted by molar-refractivity contribution is -0.145. The average Bonchev–Trinajstić information content (AvgIpc) is 3.08. The number of nitrogens with zero attached hydrogens (tertiary/aromatic N) is 2. The van der Waals surface area contributed by atoms with E-state index in [1.54, 1.807) is 6.20 Å². The second-order valence-corrected chi connectivity index (χ2v) is 8.59. The molecule has 0 saturated carbocycles. The molecule has 2 heterocycles. The van der Waals surface area contributed by atoms with Gasteiger partial charge in [-0.1, -0.05) is 42.8 Å². The number of rotatable bonds is 4. The highest BCUT2D eigenvalue weighted by Gasteiger charge is 2.40. The normalized spacial score (nSPS) is 22.2. The number of hydrogen-bond donors (Lipinski definition) is 0. The Labute approximate surface area is 177 Å². The third-order valence-corrected chi connectivity index (χ3v) is 6.79. The van der Waals surface area contributed by atoms with E-state index in [9.17, 15) is 4.79 Å². The van der Waals surface area contributed by atoms with Gasteiger partial charge in [-0.2, -0.15) is 0 Å². The molecule has 0 bridgehead atoms. The van der Waals surface area contributed by atoms with Crippen LogP contribution in [0.4, 0.5) is 0 Å². The van der Waals surface area contributed by atoms with Crippen LogP contribution in [0.1, 0.15) is 48.6 Å². The second-order valence-electron chi connectivity index (χ2n) is 8.23. The lowest BCUT2D eigenvalue weighted by Crippen LogP contribution is -2.44. The molecule has 0 unspecified atom stereocenters. The van der Waals surface area contributed by atoms with Crippen LogP contribution >= 0.6 is 11.6 Å². The van der Waals surface area contributed by atoms with Crippen molar-refractivity contribution < 1.29 is 9.53 Å². The molecule has 1 aromatic carbocycles. The summed E-state index contributed by atoms with van der Waals surface area (Å²) in [6.07, 6.45) is 3.70. The van der Waals surface area contributed by atoms with E-state index in [0.29, 0.717) is 17.7 Å². The molecule has 1 aliphatic heterocycles. The molecule has 29 heavy (non-hydrogen) atoms. The molecule has 2 aromatic rings. The first-order valence-electron chi connectivity index (χ1n) is 10.2. The molecule has 0 fully saturated rings. The number of aromatic nitrogens is 1. The third-order valence-electron chi connectivity index (χ3n) is 6.41. The van der Waals surface area contributed by atoms with Gasteiger partial charge in [0.25, 0.3) is 0 Å². The molecule has 4 rings (SSSR count). The van der Waals surface area contributed by atoms with Gasteiger partial charge in [-0.25, -0.2) is 4.98 Å². The van der Waals surface area contributed by atoms with Crippen molar-refractivity contribution in [2.45, 2.75) is 45.7 Å². The largest absolute Gasteiger partial charge is 0.469 e. The number of methoxy groups -OCH3 is 1. The third kappa shape index (κ3) is 3.49. The Morgan fingerprint density at radius 3 is 2.86 bits per heavy atom. The summed E-state index contributed by atoms with van der Waals surface area (Å²) in [5, 5.41) is 0.541. The van der Waals surface area contributed by atoms with Gasteiger partial charge in [-0.3, -0.25) is 9.69 Å². The smallest absolute Gasteiger partial charge is 0.309 e. The van der Waals surface area contributed by atoms with E-state index in [-0.39, 0.29) is 17.9 Å². The maximum atomic E-state index is 12.2. The van der Waals surface area contributed by atoms with Crippen molar-refractivity contribution >= 4 is 23.1 Å². The van der Waals surface area contributed by atoms with Gasteiger partial charge in [-0.05, 0) is 66.2 Å². The van der Waals surface area contributed by atoms with Crippen molar-refractivity contribution in [3.05, 3.63) is 69.5 Å². The summed E-state index contributed by atoms with van der Waals surface area (Å²) < 4.78 is 5.00. The summed E-state index contributed by atoms with van der Waals surface area (Å²) in [5.74, 6) is -0.372. The molecule has 1 aliphatic carbocycles. The molecule has 3 atom stereocenters. The predicted molar refractivity (Wildman–Crippen MR) is 116 cm³/mol. The number of halogens is 1. The van der Waals surface area contributed by atoms with Gasteiger partial charge in [0.2, 0.25) is 0 Å². The highest BCUT2D eigenvalue weighted by molar-refractivity contribution is 6.30. The van der Waals surface area contributed by atoms with E-state index in [2.05, 4.69) is 47.1 Å². The molecule has 5 heteroatoms. The van der Waals surface area contributed by atoms with Gasteiger partial charge in [0.05, 0.1) is 19.1 Å². The lowest BCUT2D eigenvalue weighted by Gasteiger charge is -2.43. The SMILES string of the molecule is COC(=O)[C@H](C)CN1[C@H](C)CC2=C(Cc3ccccc32)[C@H]1c1ccnc(Cl)c1C. The van der Waals surface area contributed by atoms with Crippen LogP contribution < -0.4 is 0 Å². The zero-order valence-corrected chi connectivity index (χ0v) is 18.2. The van der Waals surface area contributed by atoms with E-state index < -0.39 is 0 Å². The first-order chi connectivity index (χ1) is 13.9. The molecule has 1 aromatic heterocycles. The molecule has 2 aliphatic rings. The number of ether oxygens (including phenoxy) is 1. The second kappa shape index (κ2) is 7.92. The van der Waals surface area contributed by atoms with E-state index in [1.165, 1.54) is 34.9 Å². The van der Waals surface area contributed by atoms with Crippen LogP contribution in [0.25, 0.3) is 5.57 Å². The topological polar surface area (TPSA) is 42.4 Å². The summed E-state index contributed by atoms with van der Waals surface area (Å²) in [5.41, 5.74) is 7.81. The quantitative estimate of drug-likeness (QED) is 0.525. The fourth-order valence-electron chi connectivity index (χ4n) is 4.89. The van der Waals surface area contributed by atoms with Crippen LogP contribution in [0.15, 0.2) is 42.1 Å². The lowest BCUT2D eigenvalue weighted by atomic mass is 9.83. The number of carbonyl (C=O) groups excluding carboxylic acids is 1. The first-order valence-corrected chi connectivity index (χ1v) is 10.5. The Balaban J connectivity index is 1.82. The van der Waals surface area contributed by atoms with Crippen LogP contribution in [-0.2, 0) is 16.0 Å². The van der Waals surface area contributed by atoms with Crippen LogP contribution in [-0.4, -0.2) is 35.5 Å². The maximum Gasteiger partial charge on any atom is 0.309 e. The minimum absolute atomic E-state index is 0.0776. The molecule has 0 amide bonds. The Hall–Kier alpha value is -2.17. The number of esters is 1. The van der Waals surface area contributed by atoms with Crippen LogP contribution in [0.5, 0.6) is 0 Å². The summed E-state index contributed by atoms with van der Waals surface area (Å²) in [6, 6.07) is 11.1. The number of carbonyl (C=O) groups is 1. The number of benzene rings is 1. The predicted octanol–water partition coefficient (Wildman–Crippen LogP) is 5.00. The molecule has 0 spiro atoms. The van der Waals surface area contributed by atoms with Crippen molar-refractivity contribution in [2.75, 3.05) is 13.7 Å². The first kappa shape index (κ1) is 20.1. The van der Waals surface area contributed by atoms with E-state index in [4.69, 9.17) is 16.3 Å². The standard InChI is InChI=1S/C24H27ClN2O2/c1-14(24(28)29-4)13-27-15(2)11-20-19-8-6-5-7-17(19)12-21(20)22(27)18-9-10-26-23(25)16(18)3/h5-10,14-15,22H,11-13H2,1-4H3/t14-,15-,22-/m1/s1. The van der Waals surface area contributed by atoms with Crippen molar-refractivity contribution in [1.29, 1.82) is 0 Å². The summed E-state index contributed by atoms with van der Waals surface area (Å²) >= 11 is 6.41. The average molecular weight is 411 g/mol. The number of fused-ring (bicyclic) bond motifs is 2. The molecule has 4 nitrogen and oxygen atoms in total.